The van der Waals surface area contributed by atoms with Crippen molar-refractivity contribution >= 4 is 34.7 Å². The largest absolute Gasteiger partial charge is 0.497 e. The van der Waals surface area contributed by atoms with E-state index in [2.05, 4.69) is 15.5 Å². The second-order valence-electron chi connectivity index (χ2n) is 5.90. The Bertz CT molecular complexity index is 994. The van der Waals surface area contributed by atoms with Gasteiger partial charge in [-0.15, -0.1) is 0 Å². The van der Waals surface area contributed by atoms with Gasteiger partial charge in [0, 0.05) is 6.08 Å². The third-order valence-electron chi connectivity index (χ3n) is 3.89. The van der Waals surface area contributed by atoms with Crippen LogP contribution in [-0.2, 0) is 4.79 Å². The minimum absolute atomic E-state index is 0.249. The van der Waals surface area contributed by atoms with Crippen LogP contribution in [0.25, 0.3) is 6.08 Å². The number of carbonyl (C=O) groups is 1. The van der Waals surface area contributed by atoms with E-state index in [1.54, 1.807) is 25.3 Å². The zero-order valence-electron chi connectivity index (χ0n) is 15.4. The van der Waals surface area contributed by atoms with Gasteiger partial charge in [0.25, 0.3) is 0 Å². The number of nitrogens with zero attached hydrogens (tertiary/aromatic N) is 2. The van der Waals surface area contributed by atoms with Crippen LogP contribution in [0.4, 0.5) is 22.7 Å². The van der Waals surface area contributed by atoms with Gasteiger partial charge in [0.2, 0.25) is 5.91 Å². The molecular weight excluding hydrogens is 352 g/mol. The van der Waals surface area contributed by atoms with Gasteiger partial charge in [0.05, 0.1) is 29.9 Å². The van der Waals surface area contributed by atoms with Crippen molar-refractivity contribution in [2.45, 2.75) is 0 Å². The topological polar surface area (TPSA) is 89.1 Å². The number of nitrogen functional groups attached to an aromatic ring is 1. The second kappa shape index (κ2) is 9.14. The van der Waals surface area contributed by atoms with Crippen molar-refractivity contribution in [3.63, 3.8) is 0 Å². The zero-order chi connectivity index (χ0) is 19.8. The summed E-state index contributed by atoms with van der Waals surface area (Å²) < 4.78 is 5.11. The molecule has 0 atom stereocenters. The first-order valence-electron chi connectivity index (χ1n) is 8.63. The molecule has 0 aliphatic heterocycles. The van der Waals surface area contributed by atoms with E-state index in [1.807, 2.05) is 60.7 Å². The summed E-state index contributed by atoms with van der Waals surface area (Å²) >= 11 is 0. The minimum atomic E-state index is -0.249. The third-order valence-corrected chi connectivity index (χ3v) is 3.89. The van der Waals surface area contributed by atoms with E-state index in [9.17, 15) is 4.79 Å². The van der Waals surface area contributed by atoms with Crippen LogP contribution in [0.3, 0.4) is 0 Å². The van der Waals surface area contributed by atoms with Gasteiger partial charge < -0.3 is 15.8 Å². The number of carbonyl (C=O) groups excluding carboxylic acids is 1. The lowest BCUT2D eigenvalue weighted by atomic mass is 10.2. The molecule has 0 saturated heterocycles. The van der Waals surface area contributed by atoms with Crippen LogP contribution >= 0.6 is 0 Å². The van der Waals surface area contributed by atoms with Crippen molar-refractivity contribution in [3.05, 3.63) is 84.4 Å². The Kier molecular flexibility index (Phi) is 6.15. The molecule has 28 heavy (non-hydrogen) atoms. The minimum Gasteiger partial charge on any atom is -0.497 e. The quantitative estimate of drug-likeness (QED) is 0.347. The van der Waals surface area contributed by atoms with Crippen LogP contribution in [0.1, 0.15) is 5.56 Å². The van der Waals surface area contributed by atoms with E-state index in [1.165, 1.54) is 6.08 Å². The highest BCUT2D eigenvalue weighted by atomic mass is 16.5. The van der Waals surface area contributed by atoms with Gasteiger partial charge in [-0.2, -0.15) is 10.2 Å². The lowest BCUT2D eigenvalue weighted by molar-refractivity contribution is -0.111. The number of anilines is 2. The maximum atomic E-state index is 12.0. The fraction of sp³-hybridized carbons (Fsp3) is 0.0455. The normalized spacial score (nSPS) is 11.0. The molecule has 0 bridgehead atoms. The Balaban J connectivity index is 1.59. The summed E-state index contributed by atoms with van der Waals surface area (Å²) in [6, 6.07) is 21.8. The molecule has 0 saturated carbocycles. The number of hydrogen-bond acceptors (Lipinski definition) is 5. The molecule has 0 heterocycles. The van der Waals surface area contributed by atoms with E-state index < -0.39 is 0 Å². The van der Waals surface area contributed by atoms with Gasteiger partial charge in [-0.05, 0) is 60.2 Å². The van der Waals surface area contributed by atoms with Crippen LogP contribution < -0.4 is 15.8 Å². The number of azo groups is 1. The van der Waals surface area contributed by atoms with Crippen molar-refractivity contribution in [3.8, 4) is 5.75 Å². The van der Waals surface area contributed by atoms with Gasteiger partial charge in [-0.25, -0.2) is 0 Å². The summed E-state index contributed by atoms with van der Waals surface area (Å²) in [4.78, 5) is 12.0. The Morgan fingerprint density at radius 3 is 2.14 bits per heavy atom. The molecule has 0 spiro atoms. The van der Waals surface area contributed by atoms with E-state index in [0.29, 0.717) is 11.4 Å². The second-order valence-corrected chi connectivity index (χ2v) is 5.90. The SMILES string of the molecule is COc1ccc(N=Nc2ccc(/C=C/C(=O)Nc3ccccc3N)cc2)cc1. The molecular formula is C22H20N4O2. The van der Waals surface area contributed by atoms with Gasteiger partial charge in [0.1, 0.15) is 5.75 Å². The Labute approximate surface area is 163 Å². The van der Waals surface area contributed by atoms with Gasteiger partial charge in [0.15, 0.2) is 0 Å². The molecule has 3 aromatic carbocycles. The standard InChI is InChI=1S/C22H20N4O2/c1-28-19-13-11-18(12-14-19)26-25-17-9-6-16(7-10-17)8-15-22(27)24-21-5-3-2-4-20(21)23/h2-15H,23H2,1H3,(H,24,27)/b15-8+,26-25?. The summed E-state index contributed by atoms with van der Waals surface area (Å²) in [6.07, 6.45) is 3.18. The maximum absolute atomic E-state index is 12.0. The number of amides is 1. The summed E-state index contributed by atoms with van der Waals surface area (Å²) in [5, 5.41) is 11.1. The van der Waals surface area contributed by atoms with Crippen molar-refractivity contribution in [1.82, 2.24) is 0 Å². The molecule has 6 nitrogen and oxygen atoms in total. The fourth-order valence-corrected chi connectivity index (χ4v) is 2.37. The summed E-state index contributed by atoms with van der Waals surface area (Å²) in [5.41, 5.74) is 9.26. The molecule has 0 aromatic heterocycles. The van der Waals surface area contributed by atoms with E-state index in [0.717, 1.165) is 22.7 Å². The molecule has 0 radical (unpaired) electrons. The molecule has 0 aliphatic rings. The van der Waals surface area contributed by atoms with Crippen molar-refractivity contribution in [2.75, 3.05) is 18.2 Å². The Morgan fingerprint density at radius 1 is 0.929 bits per heavy atom. The molecule has 6 heteroatoms. The summed E-state index contributed by atoms with van der Waals surface area (Å²) in [5.74, 6) is 0.523. The van der Waals surface area contributed by atoms with E-state index in [-0.39, 0.29) is 5.91 Å². The first-order chi connectivity index (χ1) is 13.6. The number of nitrogens with one attached hydrogen (secondary N) is 1. The maximum Gasteiger partial charge on any atom is 0.248 e. The van der Waals surface area contributed by atoms with Crippen molar-refractivity contribution in [2.24, 2.45) is 10.2 Å². The average Bonchev–Trinajstić information content (AvgIpc) is 2.73. The predicted octanol–water partition coefficient (Wildman–Crippen LogP) is 5.34. The number of rotatable bonds is 6. The molecule has 1 amide bonds. The van der Waals surface area contributed by atoms with Crippen molar-refractivity contribution < 1.29 is 9.53 Å². The van der Waals surface area contributed by atoms with Gasteiger partial charge >= 0.3 is 0 Å². The zero-order valence-corrected chi connectivity index (χ0v) is 15.4. The van der Waals surface area contributed by atoms with Crippen LogP contribution in [0.15, 0.2) is 89.1 Å². The summed E-state index contributed by atoms with van der Waals surface area (Å²) in [7, 11) is 1.62. The number of nitrogens with two attached hydrogens (primary N) is 1. The Morgan fingerprint density at radius 2 is 1.54 bits per heavy atom. The molecule has 0 unspecified atom stereocenters. The molecule has 0 fully saturated rings. The highest BCUT2D eigenvalue weighted by Crippen LogP contribution is 2.21. The number of ether oxygens (including phenoxy) is 1. The number of benzene rings is 3. The predicted molar refractivity (Wildman–Crippen MR) is 112 cm³/mol. The fourth-order valence-electron chi connectivity index (χ4n) is 2.37. The highest BCUT2D eigenvalue weighted by molar-refractivity contribution is 6.03. The average molecular weight is 372 g/mol. The molecule has 3 aromatic rings. The first kappa shape index (κ1) is 18.8. The Hall–Kier alpha value is -3.93. The van der Waals surface area contributed by atoms with Crippen LogP contribution in [0.5, 0.6) is 5.75 Å². The van der Waals surface area contributed by atoms with E-state index >= 15 is 0 Å². The summed E-state index contributed by atoms with van der Waals surface area (Å²) in [6.45, 7) is 0. The molecule has 3 rings (SSSR count). The monoisotopic (exact) mass is 372 g/mol. The number of para-hydroxylation sites is 2. The number of methoxy groups -OCH3 is 1. The first-order valence-corrected chi connectivity index (χ1v) is 8.63. The molecule has 140 valence electrons. The lowest BCUT2D eigenvalue weighted by Crippen LogP contribution is -2.09. The van der Waals surface area contributed by atoms with E-state index in [4.69, 9.17) is 10.5 Å². The highest BCUT2D eigenvalue weighted by Gasteiger charge is 2.01. The van der Waals surface area contributed by atoms with Crippen LogP contribution in [-0.4, -0.2) is 13.0 Å². The lowest BCUT2D eigenvalue weighted by Gasteiger charge is -2.04. The van der Waals surface area contributed by atoms with Gasteiger partial charge in [-0.1, -0.05) is 24.3 Å². The van der Waals surface area contributed by atoms with Crippen LogP contribution in [0.2, 0.25) is 0 Å². The molecule has 3 N–H and O–H groups in total. The van der Waals surface area contributed by atoms with Crippen molar-refractivity contribution in [1.29, 1.82) is 0 Å². The van der Waals surface area contributed by atoms with Crippen LogP contribution in [0, 0.1) is 0 Å². The smallest absolute Gasteiger partial charge is 0.248 e. The number of hydrogen-bond donors (Lipinski definition) is 2. The molecule has 0 aliphatic carbocycles. The third kappa shape index (κ3) is 5.28. The van der Waals surface area contributed by atoms with Gasteiger partial charge in [-0.3, -0.25) is 4.79 Å².